The molecule has 0 spiro atoms. The van der Waals surface area contributed by atoms with Gasteiger partial charge in [0.05, 0.1) is 0 Å². The van der Waals surface area contributed by atoms with Crippen molar-refractivity contribution in [2.45, 2.75) is 18.9 Å². The van der Waals surface area contributed by atoms with E-state index < -0.39 is 0 Å². The Balaban J connectivity index is 1.99. The van der Waals surface area contributed by atoms with Crippen LogP contribution < -0.4 is 4.90 Å². The summed E-state index contributed by atoms with van der Waals surface area (Å²) < 4.78 is 13.0. The number of nitrogens with zero attached hydrogens (tertiary/aromatic N) is 1. The number of fused-ring (bicyclic) bond motifs is 1. The fraction of sp³-hybridized carbons (Fsp3) is 0.364. The van der Waals surface area contributed by atoms with Crippen molar-refractivity contribution < 1.29 is 9.18 Å². The molecule has 14 heavy (non-hydrogen) atoms. The van der Waals surface area contributed by atoms with Crippen LogP contribution in [0.25, 0.3) is 0 Å². The molecule has 3 aliphatic rings. The molecule has 1 aromatic rings. The Morgan fingerprint density at radius 2 is 2.14 bits per heavy atom. The Kier molecular flexibility index (Phi) is 1.46. The molecule has 0 radical (unpaired) electrons. The average molecular weight is 191 g/mol. The van der Waals surface area contributed by atoms with Crippen LogP contribution in [0.1, 0.15) is 12.8 Å². The molecular formula is C11H10FNO. The molecule has 2 aliphatic heterocycles. The number of carbonyl (C=O) groups excluding carboxylic acids is 1. The highest BCUT2D eigenvalue weighted by molar-refractivity contribution is 6.00. The number of carbonyl (C=O) groups is 1. The molecule has 1 aliphatic carbocycles. The minimum Gasteiger partial charge on any atom is -0.309 e. The highest BCUT2D eigenvalue weighted by Crippen LogP contribution is 2.44. The maximum atomic E-state index is 13.0. The molecule has 0 N–H and O–H groups in total. The summed E-state index contributed by atoms with van der Waals surface area (Å²) in [5.41, 5.74) is 0.708. The molecule has 3 fully saturated rings. The van der Waals surface area contributed by atoms with Crippen LogP contribution in [0.4, 0.5) is 10.1 Å². The van der Waals surface area contributed by atoms with Crippen LogP contribution in [0, 0.1) is 11.7 Å². The molecule has 72 valence electrons. The first-order valence-corrected chi connectivity index (χ1v) is 4.84. The van der Waals surface area contributed by atoms with Gasteiger partial charge in [-0.25, -0.2) is 4.39 Å². The lowest BCUT2D eigenvalue weighted by molar-refractivity contribution is -0.119. The topological polar surface area (TPSA) is 20.3 Å². The zero-order chi connectivity index (χ0) is 9.71. The molecule has 1 saturated carbocycles. The van der Waals surface area contributed by atoms with Crippen LogP contribution in [0.15, 0.2) is 24.3 Å². The second kappa shape index (κ2) is 2.56. The Hall–Kier alpha value is -1.38. The third kappa shape index (κ3) is 0.924. The van der Waals surface area contributed by atoms with Gasteiger partial charge in [-0.05, 0) is 31.0 Å². The maximum absolute atomic E-state index is 13.0. The zero-order valence-corrected chi connectivity index (χ0v) is 7.61. The second-order valence-electron chi connectivity index (χ2n) is 4.01. The Bertz CT molecular complexity index is 398. The van der Waals surface area contributed by atoms with Gasteiger partial charge in [0.15, 0.2) is 0 Å². The summed E-state index contributed by atoms with van der Waals surface area (Å²) in [5.74, 6) is 0.100. The molecule has 2 nitrogen and oxygen atoms in total. The van der Waals surface area contributed by atoms with Gasteiger partial charge in [-0.15, -0.1) is 0 Å². The number of rotatable bonds is 1. The number of benzene rings is 1. The van der Waals surface area contributed by atoms with Crippen LogP contribution in [0.5, 0.6) is 0 Å². The zero-order valence-electron chi connectivity index (χ0n) is 7.61. The highest BCUT2D eigenvalue weighted by atomic mass is 19.1. The molecule has 3 heteroatoms. The molecule has 2 heterocycles. The number of hydrogen-bond donors (Lipinski definition) is 0. The van der Waals surface area contributed by atoms with Crippen molar-refractivity contribution in [1.29, 1.82) is 0 Å². The molecule has 0 unspecified atom stereocenters. The molecule has 0 atom stereocenters. The van der Waals surface area contributed by atoms with E-state index in [0.29, 0.717) is 11.7 Å². The van der Waals surface area contributed by atoms with Crippen molar-refractivity contribution in [3.63, 3.8) is 0 Å². The summed E-state index contributed by atoms with van der Waals surface area (Å²) >= 11 is 0. The lowest BCUT2D eigenvalue weighted by Gasteiger charge is -2.24. The van der Waals surface area contributed by atoms with Crippen LogP contribution in [-0.2, 0) is 4.79 Å². The number of halogens is 1. The van der Waals surface area contributed by atoms with Crippen LogP contribution in [0.3, 0.4) is 0 Å². The summed E-state index contributed by atoms with van der Waals surface area (Å²) in [6, 6.07) is 6.59. The third-order valence-electron chi connectivity index (χ3n) is 3.15. The standard InChI is InChI=1S/C11H10FNO/c12-8-2-1-3-9(6-8)13-10-4-7(5-10)11(13)14/h1-3,6-7,10H,4-5H2. The number of anilines is 1. The Morgan fingerprint density at radius 3 is 2.71 bits per heavy atom. The quantitative estimate of drug-likeness (QED) is 0.664. The lowest BCUT2D eigenvalue weighted by atomic mass is 9.86. The van der Waals surface area contributed by atoms with Gasteiger partial charge in [0.2, 0.25) is 5.91 Å². The van der Waals surface area contributed by atoms with Crippen molar-refractivity contribution in [1.82, 2.24) is 0 Å². The van der Waals surface area contributed by atoms with E-state index in [2.05, 4.69) is 0 Å². The molecular weight excluding hydrogens is 181 g/mol. The van der Waals surface area contributed by atoms with Crippen molar-refractivity contribution in [2.24, 2.45) is 5.92 Å². The molecule has 1 aromatic carbocycles. The van der Waals surface area contributed by atoms with E-state index in [1.165, 1.54) is 12.1 Å². The van der Waals surface area contributed by atoms with Crippen LogP contribution >= 0.6 is 0 Å². The van der Waals surface area contributed by atoms with Gasteiger partial charge in [-0.1, -0.05) is 6.07 Å². The minimum absolute atomic E-state index is 0.167. The van der Waals surface area contributed by atoms with E-state index in [0.717, 1.165) is 12.8 Å². The molecule has 2 bridgehead atoms. The SMILES string of the molecule is O=C1C2CC(C2)N1c1cccc(F)c1. The van der Waals surface area contributed by atoms with Crippen molar-refractivity contribution >= 4 is 11.6 Å². The predicted molar refractivity (Wildman–Crippen MR) is 50.4 cm³/mol. The molecule has 4 rings (SSSR count). The van der Waals surface area contributed by atoms with E-state index in [1.807, 2.05) is 0 Å². The summed E-state index contributed by atoms with van der Waals surface area (Å²) in [4.78, 5) is 13.4. The van der Waals surface area contributed by atoms with E-state index in [9.17, 15) is 9.18 Å². The normalized spacial score (nSPS) is 29.2. The first kappa shape index (κ1) is 7.97. The average Bonchev–Trinajstić information content (AvgIpc) is 2.55. The molecule has 2 saturated heterocycles. The summed E-state index contributed by atoms with van der Waals surface area (Å²) in [6.45, 7) is 0. The summed E-state index contributed by atoms with van der Waals surface area (Å²) in [7, 11) is 0. The molecule has 0 aromatic heterocycles. The second-order valence-corrected chi connectivity index (χ2v) is 4.01. The smallest absolute Gasteiger partial charge is 0.230 e. The van der Waals surface area contributed by atoms with Gasteiger partial charge >= 0.3 is 0 Å². The van der Waals surface area contributed by atoms with Crippen molar-refractivity contribution in [3.8, 4) is 0 Å². The van der Waals surface area contributed by atoms with Gasteiger partial charge in [-0.3, -0.25) is 4.79 Å². The van der Waals surface area contributed by atoms with Gasteiger partial charge < -0.3 is 4.90 Å². The maximum Gasteiger partial charge on any atom is 0.230 e. The first-order chi connectivity index (χ1) is 6.75. The monoisotopic (exact) mass is 191 g/mol. The van der Waals surface area contributed by atoms with Gasteiger partial charge in [0.1, 0.15) is 5.82 Å². The van der Waals surface area contributed by atoms with E-state index in [-0.39, 0.29) is 17.6 Å². The van der Waals surface area contributed by atoms with Gasteiger partial charge in [0.25, 0.3) is 0 Å². The Labute approximate surface area is 81.3 Å². The van der Waals surface area contributed by atoms with Crippen molar-refractivity contribution in [3.05, 3.63) is 30.1 Å². The third-order valence-corrected chi connectivity index (χ3v) is 3.15. The predicted octanol–water partition coefficient (Wildman–Crippen LogP) is 1.95. The van der Waals surface area contributed by atoms with Gasteiger partial charge in [-0.2, -0.15) is 0 Å². The minimum atomic E-state index is -0.278. The Morgan fingerprint density at radius 1 is 1.36 bits per heavy atom. The van der Waals surface area contributed by atoms with E-state index in [1.54, 1.807) is 17.0 Å². The molecule has 1 amide bonds. The number of amides is 1. The summed E-state index contributed by atoms with van der Waals surface area (Å²) in [6.07, 6.45) is 1.91. The van der Waals surface area contributed by atoms with Gasteiger partial charge in [0, 0.05) is 17.6 Å². The van der Waals surface area contributed by atoms with E-state index >= 15 is 0 Å². The fourth-order valence-electron chi connectivity index (χ4n) is 2.34. The van der Waals surface area contributed by atoms with Crippen molar-refractivity contribution in [2.75, 3.05) is 4.90 Å². The largest absolute Gasteiger partial charge is 0.309 e. The van der Waals surface area contributed by atoms with Crippen LogP contribution in [0.2, 0.25) is 0 Å². The van der Waals surface area contributed by atoms with Crippen LogP contribution in [-0.4, -0.2) is 11.9 Å². The number of hydrogen-bond acceptors (Lipinski definition) is 1. The first-order valence-electron chi connectivity index (χ1n) is 4.84. The fourth-order valence-corrected chi connectivity index (χ4v) is 2.34. The lowest BCUT2D eigenvalue weighted by Crippen LogP contribution is -2.29. The highest BCUT2D eigenvalue weighted by Gasteiger charge is 2.50. The summed E-state index contributed by atoms with van der Waals surface area (Å²) in [5, 5.41) is 0. The van der Waals surface area contributed by atoms with E-state index in [4.69, 9.17) is 0 Å².